The molecule has 3 rings (SSSR count). The van der Waals surface area contributed by atoms with Gasteiger partial charge in [-0.1, -0.05) is 32.4 Å². The smallest absolute Gasteiger partial charge is 0.259 e. The molecular weight excluding hydrogens is 323 g/mol. The van der Waals surface area contributed by atoms with Crippen LogP contribution in [-0.4, -0.2) is 49.6 Å². The van der Waals surface area contributed by atoms with Crippen LogP contribution in [0.1, 0.15) is 25.8 Å². The van der Waals surface area contributed by atoms with Crippen molar-refractivity contribution in [3.05, 3.63) is 35.7 Å². The predicted octanol–water partition coefficient (Wildman–Crippen LogP) is 2.46. The minimum atomic E-state index is -0.434. The zero-order valence-electron chi connectivity index (χ0n) is 14.6. The number of ether oxygens (including phenoxy) is 1. The fourth-order valence-corrected chi connectivity index (χ4v) is 3.12. The number of carbonyl (C=O) groups is 2. The number of hydrogen-bond acceptors (Lipinski definition) is 3. The van der Waals surface area contributed by atoms with Gasteiger partial charge >= 0.3 is 0 Å². The van der Waals surface area contributed by atoms with Crippen molar-refractivity contribution in [2.45, 2.75) is 20.3 Å². The molecule has 25 heavy (non-hydrogen) atoms. The minimum Gasteiger partial charge on any atom is -0.378 e. The number of rotatable bonds is 4. The molecule has 1 saturated heterocycles. The molecule has 0 N–H and O–H groups in total. The fourth-order valence-electron chi connectivity index (χ4n) is 3.12. The molecule has 0 radical (unpaired) electrons. The molecule has 2 aliphatic heterocycles. The molecule has 1 fully saturated rings. The molecule has 2 heterocycles. The number of hydrogen-bond donors (Lipinski definition) is 0. The lowest BCUT2D eigenvalue weighted by atomic mass is 10.1. The van der Waals surface area contributed by atoms with Crippen LogP contribution in [0.5, 0.6) is 0 Å². The molecule has 6 heteroatoms. The normalized spacial score (nSPS) is 20.1. The Morgan fingerprint density at radius 2 is 2.08 bits per heavy atom. The first-order chi connectivity index (χ1) is 12.0. The van der Waals surface area contributed by atoms with E-state index in [-0.39, 0.29) is 29.0 Å². The summed E-state index contributed by atoms with van der Waals surface area (Å²) in [5, 5.41) is 0. The van der Waals surface area contributed by atoms with Crippen LogP contribution >= 0.6 is 0 Å². The van der Waals surface area contributed by atoms with Crippen LogP contribution in [0.2, 0.25) is 0 Å². The Labute approximate surface area is 147 Å². The first-order valence-corrected chi connectivity index (χ1v) is 8.72. The van der Waals surface area contributed by atoms with Crippen molar-refractivity contribution in [3.8, 4) is 0 Å². The van der Waals surface area contributed by atoms with E-state index in [0.29, 0.717) is 38.4 Å². The van der Waals surface area contributed by atoms with Gasteiger partial charge in [-0.25, -0.2) is 4.39 Å². The van der Waals surface area contributed by atoms with Gasteiger partial charge in [0.05, 0.1) is 24.5 Å². The second kappa shape index (κ2) is 7.35. The molecule has 5 nitrogen and oxygen atoms in total. The van der Waals surface area contributed by atoms with Crippen molar-refractivity contribution in [2.24, 2.45) is 5.92 Å². The topological polar surface area (TPSA) is 49.9 Å². The summed E-state index contributed by atoms with van der Waals surface area (Å²) in [4.78, 5) is 28.5. The highest BCUT2D eigenvalue weighted by Gasteiger charge is 2.36. The summed E-state index contributed by atoms with van der Waals surface area (Å²) in [6, 6.07) is 4.62. The van der Waals surface area contributed by atoms with Gasteiger partial charge in [-0.2, -0.15) is 0 Å². The third-order valence-electron chi connectivity index (χ3n) is 4.80. The zero-order valence-corrected chi connectivity index (χ0v) is 14.6. The number of benzene rings is 1. The number of anilines is 1. The Kier molecular flexibility index (Phi) is 5.18. The molecule has 0 aliphatic carbocycles. The maximum atomic E-state index is 14.4. The van der Waals surface area contributed by atoms with E-state index in [1.54, 1.807) is 17.0 Å². The second-order valence-electron chi connectivity index (χ2n) is 6.56. The summed E-state index contributed by atoms with van der Waals surface area (Å²) in [7, 11) is 0. The van der Waals surface area contributed by atoms with Gasteiger partial charge in [0.25, 0.3) is 5.91 Å². The molecule has 2 aliphatic rings. The number of para-hydroxylation sites is 1. The molecular formula is C19H23FN2O3. The van der Waals surface area contributed by atoms with Crippen molar-refractivity contribution in [2.75, 3.05) is 37.7 Å². The molecule has 1 aromatic carbocycles. The second-order valence-corrected chi connectivity index (χ2v) is 6.56. The molecule has 2 amide bonds. The maximum Gasteiger partial charge on any atom is 0.259 e. The van der Waals surface area contributed by atoms with Crippen molar-refractivity contribution in [1.82, 2.24) is 4.90 Å². The van der Waals surface area contributed by atoms with Crippen molar-refractivity contribution < 1.29 is 18.7 Å². The molecule has 0 bridgehead atoms. The molecule has 1 aromatic rings. The maximum absolute atomic E-state index is 14.4. The standard InChI is InChI=1S/C19H23FN2O3/c1-3-13(2)12-22-18-14(5-4-6-16(18)20)15(19(22)24)11-17(23)21-7-9-25-10-8-21/h4-6,11,13H,3,7-10,12H2,1-2H3. The number of fused-ring (bicyclic) bond motifs is 1. The Balaban J connectivity index is 1.95. The van der Waals surface area contributed by atoms with E-state index in [2.05, 4.69) is 0 Å². The third kappa shape index (κ3) is 3.44. The summed E-state index contributed by atoms with van der Waals surface area (Å²) < 4.78 is 19.6. The Morgan fingerprint density at radius 1 is 1.36 bits per heavy atom. The van der Waals surface area contributed by atoms with E-state index in [1.807, 2.05) is 13.8 Å². The summed E-state index contributed by atoms with van der Waals surface area (Å²) >= 11 is 0. The quantitative estimate of drug-likeness (QED) is 0.787. The van der Waals surface area contributed by atoms with Crippen LogP contribution in [0, 0.1) is 11.7 Å². The van der Waals surface area contributed by atoms with Crippen LogP contribution in [-0.2, 0) is 14.3 Å². The van der Waals surface area contributed by atoms with Crippen LogP contribution in [0.3, 0.4) is 0 Å². The molecule has 134 valence electrons. The van der Waals surface area contributed by atoms with Crippen LogP contribution in [0.25, 0.3) is 5.57 Å². The minimum absolute atomic E-state index is 0.229. The summed E-state index contributed by atoms with van der Waals surface area (Å²) in [5.74, 6) is -0.726. The van der Waals surface area contributed by atoms with Gasteiger partial charge in [-0.15, -0.1) is 0 Å². The Bertz CT molecular complexity index is 711. The number of halogens is 1. The lowest BCUT2D eigenvalue weighted by Gasteiger charge is -2.25. The average Bonchev–Trinajstić information content (AvgIpc) is 2.89. The molecule has 1 atom stereocenters. The number of nitrogens with zero attached hydrogens (tertiary/aromatic N) is 2. The highest BCUT2D eigenvalue weighted by atomic mass is 19.1. The van der Waals surface area contributed by atoms with Gasteiger partial charge in [-0.05, 0) is 12.0 Å². The zero-order chi connectivity index (χ0) is 18.0. The van der Waals surface area contributed by atoms with Crippen LogP contribution < -0.4 is 4.90 Å². The highest BCUT2D eigenvalue weighted by Crippen LogP contribution is 2.39. The monoisotopic (exact) mass is 346 g/mol. The van der Waals surface area contributed by atoms with Gasteiger partial charge in [0.1, 0.15) is 5.82 Å². The van der Waals surface area contributed by atoms with E-state index in [0.717, 1.165) is 6.42 Å². The van der Waals surface area contributed by atoms with Crippen molar-refractivity contribution in [3.63, 3.8) is 0 Å². The largest absolute Gasteiger partial charge is 0.378 e. The van der Waals surface area contributed by atoms with Crippen molar-refractivity contribution in [1.29, 1.82) is 0 Å². The average molecular weight is 346 g/mol. The van der Waals surface area contributed by atoms with Gasteiger partial charge < -0.3 is 14.5 Å². The van der Waals surface area contributed by atoms with E-state index >= 15 is 0 Å². The Hall–Kier alpha value is -2.21. The van der Waals surface area contributed by atoms with E-state index in [9.17, 15) is 14.0 Å². The molecule has 0 saturated carbocycles. The Morgan fingerprint density at radius 3 is 2.76 bits per heavy atom. The van der Waals surface area contributed by atoms with E-state index in [1.165, 1.54) is 17.0 Å². The van der Waals surface area contributed by atoms with E-state index in [4.69, 9.17) is 4.74 Å². The number of morpholine rings is 1. The van der Waals surface area contributed by atoms with Crippen LogP contribution in [0.15, 0.2) is 24.3 Å². The molecule has 1 unspecified atom stereocenters. The van der Waals surface area contributed by atoms with Gasteiger partial charge in [-0.3, -0.25) is 9.59 Å². The van der Waals surface area contributed by atoms with Gasteiger partial charge in [0, 0.05) is 31.3 Å². The van der Waals surface area contributed by atoms with Crippen LogP contribution in [0.4, 0.5) is 10.1 Å². The van der Waals surface area contributed by atoms with Crippen molar-refractivity contribution >= 4 is 23.1 Å². The van der Waals surface area contributed by atoms with Gasteiger partial charge in [0.2, 0.25) is 5.91 Å². The summed E-state index contributed by atoms with van der Waals surface area (Å²) in [6.45, 7) is 6.49. The first kappa shape index (κ1) is 17.6. The summed E-state index contributed by atoms with van der Waals surface area (Å²) in [5.41, 5.74) is 1.05. The fraction of sp³-hybridized carbons (Fsp3) is 0.474. The SMILES string of the molecule is CCC(C)CN1C(=O)C(=CC(=O)N2CCOCC2)c2cccc(F)c21. The number of carbonyl (C=O) groups excluding carboxylic acids is 2. The summed E-state index contributed by atoms with van der Waals surface area (Å²) in [6.07, 6.45) is 2.24. The lowest BCUT2D eigenvalue weighted by molar-refractivity contribution is -0.130. The first-order valence-electron chi connectivity index (χ1n) is 8.72. The lowest BCUT2D eigenvalue weighted by Crippen LogP contribution is -2.40. The highest BCUT2D eigenvalue weighted by molar-refractivity contribution is 6.34. The number of amides is 2. The van der Waals surface area contributed by atoms with E-state index < -0.39 is 5.82 Å². The molecule has 0 spiro atoms. The third-order valence-corrected chi connectivity index (χ3v) is 4.80. The van der Waals surface area contributed by atoms with Gasteiger partial charge in [0.15, 0.2) is 0 Å². The predicted molar refractivity (Wildman–Crippen MR) is 93.6 cm³/mol. The molecule has 0 aromatic heterocycles.